The van der Waals surface area contributed by atoms with Gasteiger partial charge in [-0.25, -0.2) is 8.42 Å². The molecule has 0 radical (unpaired) electrons. The van der Waals surface area contributed by atoms with Crippen LogP contribution in [0.1, 0.15) is 50.7 Å². The largest absolute Gasteiger partial charge is 0.425 e. The Bertz CT molecular complexity index is 1750. The number of ether oxygens (including phenoxy) is 2. The Kier molecular flexibility index (Phi) is 6.70. The zero-order chi connectivity index (χ0) is 30.9. The monoisotopic (exact) mass is 610 g/mol. The first kappa shape index (κ1) is 28.7. The Morgan fingerprint density at radius 1 is 0.682 bits per heavy atom. The van der Waals surface area contributed by atoms with Crippen molar-refractivity contribution in [3.8, 4) is 0 Å². The first-order valence-electron chi connectivity index (χ1n) is 15.2. The van der Waals surface area contributed by atoms with Gasteiger partial charge in [-0.1, -0.05) is 78.9 Å². The summed E-state index contributed by atoms with van der Waals surface area (Å²) in [6.07, 6.45) is 1.05. The quantitative estimate of drug-likeness (QED) is 0.220. The molecule has 226 valence electrons. The van der Waals surface area contributed by atoms with Crippen LogP contribution < -0.4 is 0 Å². The molecule has 0 heterocycles. The van der Waals surface area contributed by atoms with Gasteiger partial charge in [0.05, 0.1) is 38.7 Å². The van der Waals surface area contributed by atoms with Gasteiger partial charge in [-0.15, -0.1) is 0 Å². The van der Waals surface area contributed by atoms with Gasteiger partial charge in [-0.3, -0.25) is 14.4 Å². The molecule has 3 aromatic rings. The summed E-state index contributed by atoms with van der Waals surface area (Å²) in [4.78, 5) is 41.5. The van der Waals surface area contributed by atoms with Gasteiger partial charge in [0.1, 0.15) is 0 Å². The minimum atomic E-state index is -4.26. The zero-order valence-electron chi connectivity index (χ0n) is 24.6. The molecule has 3 aromatic carbocycles. The number of sulfone groups is 1. The molecule has 7 rings (SSSR count). The van der Waals surface area contributed by atoms with Crippen LogP contribution in [0.4, 0.5) is 0 Å². The van der Waals surface area contributed by atoms with Gasteiger partial charge in [0.15, 0.2) is 15.6 Å². The van der Waals surface area contributed by atoms with E-state index < -0.39 is 50.1 Å². The molecule has 4 unspecified atom stereocenters. The number of rotatable bonds is 9. The van der Waals surface area contributed by atoms with Crippen molar-refractivity contribution in [1.82, 2.24) is 0 Å². The summed E-state index contributed by atoms with van der Waals surface area (Å²) in [5.41, 5.74) is -0.260. The predicted octanol–water partition coefficient (Wildman–Crippen LogP) is 5.90. The first-order chi connectivity index (χ1) is 21.1. The molecule has 7 nitrogen and oxygen atoms in total. The lowest BCUT2D eigenvalue weighted by molar-refractivity contribution is -0.204. The lowest BCUT2D eigenvalue weighted by Crippen LogP contribution is -2.51. The molecule has 0 aromatic heterocycles. The highest BCUT2D eigenvalue weighted by Crippen LogP contribution is 2.72. The number of Topliss-reactive ketones (excluding diaryl/α,β-unsaturated/α-hetero) is 1. The fourth-order valence-corrected chi connectivity index (χ4v) is 10.0. The Morgan fingerprint density at radius 3 is 1.52 bits per heavy atom. The van der Waals surface area contributed by atoms with Crippen molar-refractivity contribution in [2.24, 2.45) is 28.6 Å². The molecule has 3 saturated carbocycles. The van der Waals surface area contributed by atoms with Gasteiger partial charge >= 0.3 is 11.9 Å². The van der Waals surface area contributed by atoms with Crippen LogP contribution in [0.2, 0.25) is 0 Å². The smallest absolute Gasteiger partial charge is 0.312 e. The van der Waals surface area contributed by atoms with Crippen molar-refractivity contribution in [3.05, 3.63) is 102 Å². The standard InChI is InChI=1S/C36H34O7S/c1-35-27(22-12-6-3-7-13-22)28(23-14-8-4-9-15-23)36(2,34(35)39)30(44(40,41)26-16-10-5-11-17-26)29(35)33(42-31(37)24-18-19-24)43-32(38)25-20-21-25/h3-17,24-25,29-30,33H,18-21H2,1-2H3. The summed E-state index contributed by atoms with van der Waals surface area (Å²) in [6, 6.07) is 26.8. The predicted molar refractivity (Wildman–Crippen MR) is 163 cm³/mol. The molecule has 4 aliphatic carbocycles. The number of hydrogen-bond donors (Lipinski definition) is 0. The van der Waals surface area contributed by atoms with Crippen molar-refractivity contribution in [3.63, 3.8) is 0 Å². The Morgan fingerprint density at radius 2 is 1.09 bits per heavy atom. The fourth-order valence-electron chi connectivity index (χ4n) is 7.54. The summed E-state index contributed by atoms with van der Waals surface area (Å²) in [5, 5.41) is -1.39. The maximum atomic E-state index is 15.1. The van der Waals surface area contributed by atoms with Crippen molar-refractivity contribution < 1.29 is 32.3 Å². The van der Waals surface area contributed by atoms with Gasteiger partial charge in [-0.2, -0.15) is 0 Å². The SMILES string of the molecule is CC12C(=O)C(C)(C(c3ccccc3)=C1c1ccccc1)C(S(=O)(=O)c1ccccc1)C2C(OC(=O)C1CC1)OC(=O)C1CC1. The summed E-state index contributed by atoms with van der Waals surface area (Å²) < 4.78 is 41.7. The van der Waals surface area contributed by atoms with Crippen LogP contribution in [-0.4, -0.2) is 37.7 Å². The van der Waals surface area contributed by atoms with Gasteiger partial charge < -0.3 is 9.47 Å². The molecule has 44 heavy (non-hydrogen) atoms. The van der Waals surface area contributed by atoms with E-state index in [1.807, 2.05) is 60.7 Å². The normalized spacial score (nSPS) is 27.9. The second-order valence-corrected chi connectivity index (χ2v) is 14.9. The lowest BCUT2D eigenvalue weighted by Gasteiger charge is -2.43. The third-order valence-corrected chi connectivity index (χ3v) is 12.3. The highest BCUT2D eigenvalue weighted by atomic mass is 32.2. The van der Waals surface area contributed by atoms with E-state index in [1.54, 1.807) is 32.0 Å². The summed E-state index contributed by atoms with van der Waals surface area (Å²) in [7, 11) is -4.26. The van der Waals surface area contributed by atoms with Crippen LogP contribution >= 0.6 is 0 Å². The van der Waals surface area contributed by atoms with Crippen LogP contribution in [0, 0.1) is 28.6 Å². The second kappa shape index (κ2) is 10.3. The Hall–Kier alpha value is -4.04. The van der Waals surface area contributed by atoms with E-state index in [4.69, 9.17) is 9.47 Å². The van der Waals surface area contributed by atoms with E-state index in [-0.39, 0.29) is 22.5 Å². The van der Waals surface area contributed by atoms with E-state index in [9.17, 15) is 18.0 Å². The van der Waals surface area contributed by atoms with Gasteiger partial charge in [0, 0.05) is 0 Å². The van der Waals surface area contributed by atoms with E-state index in [0.717, 1.165) is 11.1 Å². The third-order valence-electron chi connectivity index (χ3n) is 9.90. The van der Waals surface area contributed by atoms with Crippen LogP contribution in [0.5, 0.6) is 0 Å². The molecule has 8 heteroatoms. The number of carbonyl (C=O) groups is 3. The maximum absolute atomic E-state index is 15.1. The van der Waals surface area contributed by atoms with Crippen LogP contribution in [0.15, 0.2) is 95.9 Å². The number of esters is 2. The van der Waals surface area contributed by atoms with Gasteiger partial charge in [-0.05, 0) is 73.9 Å². The Balaban J connectivity index is 1.51. The topological polar surface area (TPSA) is 104 Å². The van der Waals surface area contributed by atoms with E-state index in [1.165, 1.54) is 12.1 Å². The number of benzene rings is 3. The van der Waals surface area contributed by atoms with E-state index >= 15 is 4.79 Å². The number of carbonyl (C=O) groups excluding carboxylic acids is 3. The van der Waals surface area contributed by atoms with Gasteiger partial charge in [0.2, 0.25) is 0 Å². The van der Waals surface area contributed by atoms with Crippen molar-refractivity contribution in [2.75, 3.05) is 0 Å². The molecule has 3 fully saturated rings. The molecule has 0 aliphatic heterocycles. The Labute approximate surface area is 257 Å². The van der Waals surface area contributed by atoms with Crippen LogP contribution in [-0.2, 0) is 33.7 Å². The van der Waals surface area contributed by atoms with Crippen molar-refractivity contribution >= 4 is 38.7 Å². The summed E-state index contributed by atoms with van der Waals surface area (Å²) in [6.45, 7) is 3.43. The second-order valence-electron chi connectivity index (χ2n) is 12.8. The minimum absolute atomic E-state index is 0.0506. The first-order valence-corrected chi connectivity index (χ1v) is 16.7. The lowest BCUT2D eigenvalue weighted by atomic mass is 9.67. The summed E-state index contributed by atoms with van der Waals surface area (Å²) >= 11 is 0. The van der Waals surface area contributed by atoms with Crippen LogP contribution in [0.3, 0.4) is 0 Å². The molecule has 4 atom stereocenters. The molecule has 0 spiro atoms. The van der Waals surface area contributed by atoms with Crippen LogP contribution in [0.25, 0.3) is 11.1 Å². The van der Waals surface area contributed by atoms with Crippen molar-refractivity contribution in [2.45, 2.75) is 56.0 Å². The molecule has 0 amide bonds. The maximum Gasteiger partial charge on any atom is 0.312 e. The number of allylic oxidation sites excluding steroid dienone is 2. The van der Waals surface area contributed by atoms with E-state index in [2.05, 4.69) is 0 Å². The average molecular weight is 611 g/mol. The molecular formula is C36H34O7S. The molecular weight excluding hydrogens is 576 g/mol. The molecule has 0 N–H and O–H groups in total. The summed E-state index contributed by atoms with van der Waals surface area (Å²) in [5.74, 6) is -3.23. The molecule has 0 saturated heterocycles. The highest BCUT2D eigenvalue weighted by Gasteiger charge is 2.77. The van der Waals surface area contributed by atoms with Gasteiger partial charge in [0.25, 0.3) is 6.29 Å². The average Bonchev–Trinajstić information content (AvgIpc) is 3.95. The number of hydrogen-bond acceptors (Lipinski definition) is 7. The van der Waals surface area contributed by atoms with Crippen molar-refractivity contribution in [1.29, 1.82) is 0 Å². The third kappa shape index (κ3) is 4.29. The fraction of sp³-hybridized carbons (Fsp3) is 0.361. The van der Waals surface area contributed by atoms with E-state index in [0.29, 0.717) is 36.8 Å². The molecule has 2 bridgehead atoms. The zero-order valence-corrected chi connectivity index (χ0v) is 25.5. The minimum Gasteiger partial charge on any atom is -0.425 e. The number of fused-ring (bicyclic) bond motifs is 2. The molecule has 4 aliphatic rings. The highest BCUT2D eigenvalue weighted by molar-refractivity contribution is 7.92. The number of ketones is 1.